The molecule has 27 heavy (non-hydrogen) atoms. The SMILES string of the molecule is COc1cc(C(=O)NC(C)c2cccc(C(F)(F)F)c2)cc(OC)c1OC. The van der Waals surface area contributed by atoms with E-state index in [4.69, 9.17) is 14.2 Å². The van der Waals surface area contributed by atoms with Crippen LogP contribution in [-0.2, 0) is 6.18 Å². The van der Waals surface area contributed by atoms with Crippen molar-refractivity contribution in [1.82, 2.24) is 5.32 Å². The van der Waals surface area contributed by atoms with Crippen molar-refractivity contribution >= 4 is 5.91 Å². The van der Waals surface area contributed by atoms with Crippen molar-refractivity contribution in [2.45, 2.75) is 19.1 Å². The molecule has 0 radical (unpaired) electrons. The minimum Gasteiger partial charge on any atom is -0.493 e. The Labute approximate surface area is 155 Å². The molecule has 2 aromatic rings. The maximum atomic E-state index is 12.9. The molecular formula is C19H20F3NO4. The predicted molar refractivity (Wildman–Crippen MR) is 93.4 cm³/mol. The molecule has 0 spiro atoms. The Bertz CT molecular complexity index is 796. The number of hydrogen-bond donors (Lipinski definition) is 1. The third kappa shape index (κ3) is 4.64. The summed E-state index contributed by atoms with van der Waals surface area (Å²) < 4.78 is 54.2. The number of carbonyl (C=O) groups excluding carboxylic acids is 1. The summed E-state index contributed by atoms with van der Waals surface area (Å²) in [5.74, 6) is 0.448. The average Bonchev–Trinajstić information content (AvgIpc) is 2.65. The van der Waals surface area contributed by atoms with E-state index in [0.717, 1.165) is 12.1 Å². The normalized spacial score (nSPS) is 12.3. The van der Waals surface area contributed by atoms with Crippen LogP contribution in [0.3, 0.4) is 0 Å². The topological polar surface area (TPSA) is 56.8 Å². The van der Waals surface area contributed by atoms with Gasteiger partial charge in [0, 0.05) is 5.56 Å². The fourth-order valence-corrected chi connectivity index (χ4v) is 2.56. The first kappa shape index (κ1) is 20.4. The third-order valence-electron chi connectivity index (χ3n) is 3.99. The zero-order valence-corrected chi connectivity index (χ0v) is 15.3. The highest BCUT2D eigenvalue weighted by atomic mass is 19.4. The number of ether oxygens (including phenoxy) is 3. The van der Waals surface area contributed by atoms with Crippen LogP contribution in [-0.4, -0.2) is 27.2 Å². The lowest BCUT2D eigenvalue weighted by atomic mass is 10.0. The van der Waals surface area contributed by atoms with E-state index in [2.05, 4.69) is 5.32 Å². The Balaban J connectivity index is 2.27. The Kier molecular flexibility index (Phi) is 6.20. The van der Waals surface area contributed by atoms with Crippen molar-refractivity contribution in [3.05, 3.63) is 53.1 Å². The molecular weight excluding hydrogens is 363 g/mol. The molecule has 0 saturated heterocycles. The van der Waals surface area contributed by atoms with Crippen LogP contribution in [0.5, 0.6) is 17.2 Å². The second-order valence-electron chi connectivity index (χ2n) is 5.73. The standard InChI is InChI=1S/C19H20F3NO4/c1-11(12-6-5-7-14(8-12)19(20,21)22)23-18(24)13-9-15(25-2)17(27-4)16(10-13)26-3/h5-11H,1-4H3,(H,23,24). The fourth-order valence-electron chi connectivity index (χ4n) is 2.56. The summed E-state index contributed by atoms with van der Waals surface area (Å²) in [5.41, 5.74) is -0.206. The molecule has 0 fully saturated rings. The lowest BCUT2D eigenvalue weighted by molar-refractivity contribution is -0.137. The number of carbonyl (C=O) groups is 1. The average molecular weight is 383 g/mol. The van der Waals surface area contributed by atoms with E-state index in [0.29, 0.717) is 22.8 Å². The van der Waals surface area contributed by atoms with Gasteiger partial charge in [-0.05, 0) is 36.8 Å². The number of alkyl halides is 3. The molecule has 1 amide bonds. The molecule has 0 bridgehead atoms. The van der Waals surface area contributed by atoms with Gasteiger partial charge in [0.05, 0.1) is 32.9 Å². The molecule has 5 nitrogen and oxygen atoms in total. The Hall–Kier alpha value is -2.90. The van der Waals surface area contributed by atoms with Gasteiger partial charge in [-0.3, -0.25) is 4.79 Å². The molecule has 146 valence electrons. The smallest absolute Gasteiger partial charge is 0.416 e. The van der Waals surface area contributed by atoms with Crippen LogP contribution in [0, 0.1) is 0 Å². The van der Waals surface area contributed by atoms with Gasteiger partial charge in [0.1, 0.15) is 0 Å². The van der Waals surface area contributed by atoms with E-state index in [1.807, 2.05) is 0 Å². The lowest BCUT2D eigenvalue weighted by Gasteiger charge is -2.18. The van der Waals surface area contributed by atoms with Gasteiger partial charge in [-0.2, -0.15) is 13.2 Å². The molecule has 8 heteroatoms. The maximum absolute atomic E-state index is 12.9. The first-order valence-electron chi connectivity index (χ1n) is 7.99. The van der Waals surface area contributed by atoms with E-state index in [1.165, 1.54) is 45.6 Å². The van der Waals surface area contributed by atoms with Gasteiger partial charge in [0.2, 0.25) is 5.75 Å². The number of benzene rings is 2. The van der Waals surface area contributed by atoms with E-state index in [9.17, 15) is 18.0 Å². The third-order valence-corrected chi connectivity index (χ3v) is 3.99. The summed E-state index contributed by atoms with van der Waals surface area (Å²) in [6, 6.07) is 7.12. The first-order valence-corrected chi connectivity index (χ1v) is 7.99. The van der Waals surface area contributed by atoms with Crippen LogP contribution >= 0.6 is 0 Å². The van der Waals surface area contributed by atoms with Crippen LogP contribution in [0.2, 0.25) is 0 Å². The molecule has 1 atom stereocenters. The van der Waals surface area contributed by atoms with Crippen molar-refractivity contribution < 1.29 is 32.2 Å². The van der Waals surface area contributed by atoms with E-state index in [1.54, 1.807) is 6.92 Å². The lowest BCUT2D eigenvalue weighted by Crippen LogP contribution is -2.27. The Morgan fingerprint density at radius 1 is 1.00 bits per heavy atom. The summed E-state index contributed by atoms with van der Waals surface area (Å²) in [6.07, 6.45) is -4.45. The molecule has 2 aromatic carbocycles. The minimum absolute atomic E-state index is 0.225. The maximum Gasteiger partial charge on any atom is 0.416 e. The second kappa shape index (κ2) is 8.20. The fraction of sp³-hybridized carbons (Fsp3) is 0.316. The van der Waals surface area contributed by atoms with Crippen LogP contribution in [0.1, 0.15) is 34.5 Å². The summed E-state index contributed by atoms with van der Waals surface area (Å²) in [6.45, 7) is 1.60. The highest BCUT2D eigenvalue weighted by Crippen LogP contribution is 2.38. The summed E-state index contributed by atoms with van der Waals surface area (Å²) in [5, 5.41) is 2.67. The van der Waals surface area contributed by atoms with Crippen molar-refractivity contribution in [3.8, 4) is 17.2 Å². The zero-order valence-electron chi connectivity index (χ0n) is 15.3. The van der Waals surface area contributed by atoms with Crippen LogP contribution in [0.15, 0.2) is 36.4 Å². The molecule has 0 heterocycles. The number of methoxy groups -OCH3 is 3. The van der Waals surface area contributed by atoms with Gasteiger partial charge in [-0.15, -0.1) is 0 Å². The van der Waals surface area contributed by atoms with Crippen molar-refractivity contribution in [2.24, 2.45) is 0 Å². The summed E-state index contributed by atoms with van der Waals surface area (Å²) >= 11 is 0. The second-order valence-corrected chi connectivity index (χ2v) is 5.73. The van der Waals surface area contributed by atoms with E-state index < -0.39 is 23.7 Å². The monoisotopic (exact) mass is 383 g/mol. The molecule has 2 rings (SSSR count). The molecule has 0 aromatic heterocycles. The zero-order chi connectivity index (χ0) is 20.2. The van der Waals surface area contributed by atoms with Gasteiger partial charge in [-0.1, -0.05) is 12.1 Å². The molecule has 0 saturated carbocycles. The van der Waals surface area contributed by atoms with Gasteiger partial charge < -0.3 is 19.5 Å². The van der Waals surface area contributed by atoms with Gasteiger partial charge >= 0.3 is 6.18 Å². The largest absolute Gasteiger partial charge is 0.493 e. The molecule has 0 aliphatic carbocycles. The number of amides is 1. The van der Waals surface area contributed by atoms with Gasteiger partial charge in [0.15, 0.2) is 11.5 Å². The number of nitrogens with one attached hydrogen (secondary N) is 1. The number of hydrogen-bond acceptors (Lipinski definition) is 4. The molecule has 0 aliphatic rings. The van der Waals surface area contributed by atoms with Crippen molar-refractivity contribution in [1.29, 1.82) is 0 Å². The summed E-state index contributed by atoms with van der Waals surface area (Å²) in [4.78, 5) is 12.6. The molecule has 1 unspecified atom stereocenters. The van der Waals surface area contributed by atoms with Gasteiger partial charge in [0.25, 0.3) is 5.91 Å². The number of rotatable bonds is 6. The highest BCUT2D eigenvalue weighted by molar-refractivity contribution is 5.95. The Morgan fingerprint density at radius 3 is 2.07 bits per heavy atom. The minimum atomic E-state index is -4.45. The van der Waals surface area contributed by atoms with Crippen LogP contribution < -0.4 is 19.5 Å². The van der Waals surface area contributed by atoms with Gasteiger partial charge in [-0.25, -0.2) is 0 Å². The van der Waals surface area contributed by atoms with Crippen molar-refractivity contribution in [2.75, 3.05) is 21.3 Å². The first-order chi connectivity index (χ1) is 12.7. The Morgan fingerprint density at radius 2 is 1.59 bits per heavy atom. The van der Waals surface area contributed by atoms with Crippen molar-refractivity contribution in [3.63, 3.8) is 0 Å². The van der Waals surface area contributed by atoms with E-state index >= 15 is 0 Å². The quantitative estimate of drug-likeness (QED) is 0.811. The van der Waals surface area contributed by atoms with Crippen LogP contribution in [0.4, 0.5) is 13.2 Å². The highest BCUT2D eigenvalue weighted by Gasteiger charge is 2.30. The van der Waals surface area contributed by atoms with E-state index in [-0.39, 0.29) is 5.56 Å². The number of halogens is 3. The molecule has 0 aliphatic heterocycles. The summed E-state index contributed by atoms with van der Waals surface area (Å²) in [7, 11) is 4.28. The van der Waals surface area contributed by atoms with Crippen LogP contribution in [0.25, 0.3) is 0 Å². The molecule has 1 N–H and O–H groups in total. The predicted octanol–water partition coefficient (Wildman–Crippen LogP) is 4.22.